The highest BCUT2D eigenvalue weighted by molar-refractivity contribution is 6.35. The van der Waals surface area contributed by atoms with Crippen LogP contribution in [0.5, 0.6) is 0 Å². The fraction of sp³-hybridized carbons (Fsp3) is 0.312. The first kappa shape index (κ1) is 31.9. The normalized spacial score (nSPS) is 17.5. The van der Waals surface area contributed by atoms with Crippen molar-refractivity contribution in [3.8, 4) is 0 Å². The number of likely N-dealkylation sites (tertiary alicyclic amines) is 1. The van der Waals surface area contributed by atoms with E-state index in [0.29, 0.717) is 24.2 Å². The molecule has 12 heteroatoms. The van der Waals surface area contributed by atoms with Crippen LogP contribution in [0.3, 0.4) is 0 Å². The van der Waals surface area contributed by atoms with Crippen molar-refractivity contribution in [2.45, 2.75) is 57.5 Å². The van der Waals surface area contributed by atoms with Crippen molar-refractivity contribution in [1.82, 2.24) is 9.47 Å². The van der Waals surface area contributed by atoms with E-state index < -0.39 is 58.3 Å². The summed E-state index contributed by atoms with van der Waals surface area (Å²) in [4.78, 5) is 29.4. The summed E-state index contributed by atoms with van der Waals surface area (Å²) >= 11 is 12.7. The lowest BCUT2D eigenvalue weighted by molar-refractivity contribution is -0.138. The number of carbonyl (C=O) groups is 2. The number of fused-ring (bicyclic) bond motifs is 1. The standard InChI is InChI=1S/C32H26Cl2F6N2O2/c1-3-17-13-19(32(38,39)40)15-23(27(17)34)29(43)28-21(24-16-41(4-2)26-8-6-5-7-20(24)26)11-12-42(28)30(44)22-14-18(31(35,36)37)9-10-25(22)33/h5-10,13-16,21,28H,3-4,11-12H2,1-2H3. The third-order valence-corrected chi connectivity index (χ3v) is 8.91. The van der Waals surface area contributed by atoms with Gasteiger partial charge in [-0.25, -0.2) is 0 Å². The monoisotopic (exact) mass is 654 g/mol. The summed E-state index contributed by atoms with van der Waals surface area (Å²) in [6.07, 6.45) is -7.40. The Balaban J connectivity index is 1.70. The van der Waals surface area contributed by atoms with Crippen LogP contribution < -0.4 is 0 Å². The molecule has 232 valence electrons. The number of aryl methyl sites for hydroxylation is 2. The van der Waals surface area contributed by atoms with Crippen LogP contribution in [0, 0.1) is 0 Å². The van der Waals surface area contributed by atoms with Crippen LogP contribution in [0.15, 0.2) is 60.8 Å². The molecule has 0 bridgehead atoms. The van der Waals surface area contributed by atoms with Gasteiger partial charge in [-0.2, -0.15) is 26.3 Å². The largest absolute Gasteiger partial charge is 0.416 e. The third-order valence-electron chi connectivity index (χ3n) is 8.13. The van der Waals surface area contributed by atoms with E-state index in [9.17, 15) is 35.9 Å². The number of aromatic nitrogens is 1. The van der Waals surface area contributed by atoms with Crippen molar-refractivity contribution in [3.05, 3.63) is 104 Å². The fourth-order valence-electron chi connectivity index (χ4n) is 5.97. The van der Waals surface area contributed by atoms with E-state index in [4.69, 9.17) is 23.2 Å². The molecule has 2 heterocycles. The number of rotatable bonds is 6. The number of nitrogens with zero attached hydrogens (tertiary/aromatic N) is 2. The SMILES string of the molecule is CCc1cc(C(F)(F)F)cc(C(=O)C2C(c3cn(CC)c4ccccc34)CCN2C(=O)c2cc(C(F)(F)F)ccc2Cl)c1Cl. The van der Waals surface area contributed by atoms with Crippen molar-refractivity contribution in [3.63, 3.8) is 0 Å². The lowest BCUT2D eigenvalue weighted by Crippen LogP contribution is -2.43. The van der Waals surface area contributed by atoms with E-state index in [1.54, 1.807) is 13.0 Å². The first-order valence-corrected chi connectivity index (χ1v) is 14.6. The Kier molecular flexibility index (Phi) is 8.54. The Morgan fingerprint density at radius 3 is 2.18 bits per heavy atom. The molecule has 2 atom stereocenters. The maximum Gasteiger partial charge on any atom is 0.416 e. The molecular formula is C32H26Cl2F6N2O2. The maximum absolute atomic E-state index is 14.4. The molecule has 1 fully saturated rings. The van der Waals surface area contributed by atoms with E-state index in [0.717, 1.165) is 34.0 Å². The molecule has 0 N–H and O–H groups in total. The molecule has 4 nitrogen and oxygen atoms in total. The first-order valence-electron chi connectivity index (χ1n) is 13.9. The lowest BCUT2D eigenvalue weighted by atomic mass is 9.86. The second-order valence-corrected chi connectivity index (χ2v) is 11.4. The summed E-state index contributed by atoms with van der Waals surface area (Å²) in [5.41, 5.74) is -1.43. The van der Waals surface area contributed by atoms with E-state index in [1.165, 1.54) is 0 Å². The number of benzene rings is 3. The minimum atomic E-state index is -4.78. The molecule has 0 saturated carbocycles. The molecule has 1 saturated heterocycles. The fourth-order valence-corrected chi connectivity index (χ4v) is 6.50. The quantitative estimate of drug-likeness (QED) is 0.154. The van der Waals surface area contributed by atoms with Crippen molar-refractivity contribution >= 4 is 45.8 Å². The minimum Gasteiger partial charge on any atom is -0.347 e. The summed E-state index contributed by atoms with van der Waals surface area (Å²) in [6.45, 7) is 4.04. The first-order chi connectivity index (χ1) is 20.7. The number of para-hydroxylation sites is 1. The van der Waals surface area contributed by atoms with Gasteiger partial charge in [0, 0.05) is 41.7 Å². The Labute approximate surface area is 259 Å². The van der Waals surface area contributed by atoms with Gasteiger partial charge in [-0.05, 0) is 67.3 Å². The lowest BCUT2D eigenvalue weighted by Gasteiger charge is -2.29. The molecule has 1 aromatic heterocycles. The van der Waals surface area contributed by atoms with Gasteiger partial charge in [0.25, 0.3) is 5.91 Å². The number of carbonyl (C=O) groups excluding carboxylic acids is 2. The van der Waals surface area contributed by atoms with Gasteiger partial charge >= 0.3 is 12.4 Å². The van der Waals surface area contributed by atoms with Crippen molar-refractivity contribution in [1.29, 1.82) is 0 Å². The van der Waals surface area contributed by atoms with E-state index >= 15 is 0 Å². The van der Waals surface area contributed by atoms with Gasteiger partial charge in [-0.3, -0.25) is 9.59 Å². The molecule has 0 spiro atoms. The second-order valence-electron chi connectivity index (χ2n) is 10.6. The van der Waals surface area contributed by atoms with Crippen LogP contribution >= 0.6 is 23.2 Å². The Morgan fingerprint density at radius 1 is 0.886 bits per heavy atom. The van der Waals surface area contributed by atoms with E-state index in [-0.39, 0.29) is 35.0 Å². The molecule has 44 heavy (non-hydrogen) atoms. The minimum absolute atomic E-state index is 0.0602. The second kappa shape index (κ2) is 11.8. The van der Waals surface area contributed by atoms with Gasteiger partial charge in [0.2, 0.25) is 0 Å². The molecule has 1 aliphatic rings. The van der Waals surface area contributed by atoms with Crippen LogP contribution in [0.1, 0.15) is 69.2 Å². The van der Waals surface area contributed by atoms with Crippen LogP contribution in [0.2, 0.25) is 10.0 Å². The number of ketones is 1. The van der Waals surface area contributed by atoms with Gasteiger partial charge in [0.05, 0.1) is 26.7 Å². The summed E-state index contributed by atoms with van der Waals surface area (Å²) in [7, 11) is 0. The van der Waals surface area contributed by atoms with Crippen molar-refractivity contribution < 1.29 is 35.9 Å². The molecule has 0 aliphatic carbocycles. The average Bonchev–Trinajstić information content (AvgIpc) is 3.57. The third kappa shape index (κ3) is 5.70. The van der Waals surface area contributed by atoms with Crippen molar-refractivity contribution in [2.24, 2.45) is 0 Å². The number of alkyl halides is 6. The number of amides is 1. The zero-order chi connectivity index (χ0) is 32.1. The maximum atomic E-state index is 14.4. The van der Waals surface area contributed by atoms with Gasteiger partial charge in [-0.1, -0.05) is 48.3 Å². The van der Waals surface area contributed by atoms with Crippen LogP contribution in [-0.4, -0.2) is 33.7 Å². The number of hydrogen-bond donors (Lipinski definition) is 0. The average molecular weight is 655 g/mol. The summed E-state index contributed by atoms with van der Waals surface area (Å²) in [5.74, 6) is -2.49. The molecule has 2 unspecified atom stereocenters. The smallest absolute Gasteiger partial charge is 0.347 e. The number of Topliss-reactive ketones (excluding diaryl/α,β-unsaturated/α-hetero) is 1. The predicted molar refractivity (Wildman–Crippen MR) is 156 cm³/mol. The summed E-state index contributed by atoms with van der Waals surface area (Å²) in [5, 5.41) is 0.357. The Bertz CT molecular complexity index is 1760. The van der Waals surface area contributed by atoms with E-state index in [2.05, 4.69) is 0 Å². The number of halogens is 8. The molecule has 1 aliphatic heterocycles. The highest BCUT2D eigenvalue weighted by Gasteiger charge is 2.46. The molecular weight excluding hydrogens is 629 g/mol. The zero-order valence-electron chi connectivity index (χ0n) is 23.5. The zero-order valence-corrected chi connectivity index (χ0v) is 25.0. The van der Waals surface area contributed by atoms with Gasteiger partial charge in [-0.15, -0.1) is 0 Å². The summed E-state index contributed by atoms with van der Waals surface area (Å²) in [6, 6.07) is 9.87. The molecule has 4 aromatic rings. The van der Waals surface area contributed by atoms with Gasteiger partial charge in [0.15, 0.2) is 5.78 Å². The van der Waals surface area contributed by atoms with Gasteiger partial charge < -0.3 is 9.47 Å². The topological polar surface area (TPSA) is 42.3 Å². The van der Waals surface area contributed by atoms with Gasteiger partial charge in [0.1, 0.15) is 6.04 Å². The Hall–Kier alpha value is -3.50. The Morgan fingerprint density at radius 2 is 1.55 bits per heavy atom. The van der Waals surface area contributed by atoms with Crippen LogP contribution in [0.25, 0.3) is 10.9 Å². The molecule has 5 rings (SSSR count). The molecule has 1 amide bonds. The summed E-state index contributed by atoms with van der Waals surface area (Å²) < 4.78 is 84.3. The molecule has 3 aromatic carbocycles. The van der Waals surface area contributed by atoms with Crippen LogP contribution in [0.4, 0.5) is 26.3 Å². The highest BCUT2D eigenvalue weighted by atomic mass is 35.5. The highest BCUT2D eigenvalue weighted by Crippen LogP contribution is 2.43. The molecule has 0 radical (unpaired) electrons. The predicted octanol–water partition coefficient (Wildman–Crippen LogP) is 9.45. The number of hydrogen-bond acceptors (Lipinski definition) is 2. The van der Waals surface area contributed by atoms with Crippen LogP contribution in [-0.2, 0) is 25.3 Å². The van der Waals surface area contributed by atoms with Crippen molar-refractivity contribution in [2.75, 3.05) is 6.54 Å². The van der Waals surface area contributed by atoms with E-state index in [1.807, 2.05) is 35.9 Å².